The molecule has 0 aliphatic rings. The molecular formula is C23H21N3O4. The number of carbonyl (C=O) groups excluding carboxylic acids is 2. The number of hydrogen-bond donors (Lipinski definition) is 1. The average molecular weight is 403 g/mol. The molecule has 0 fully saturated rings. The van der Waals surface area contributed by atoms with Crippen LogP contribution in [-0.4, -0.2) is 25.6 Å². The summed E-state index contributed by atoms with van der Waals surface area (Å²) in [6, 6.07) is 23.4. The second-order valence-corrected chi connectivity index (χ2v) is 6.28. The van der Waals surface area contributed by atoms with Crippen molar-refractivity contribution in [2.24, 2.45) is 10.2 Å². The summed E-state index contributed by atoms with van der Waals surface area (Å²) in [5.41, 5.74) is 2.68. The molecule has 30 heavy (non-hydrogen) atoms. The van der Waals surface area contributed by atoms with E-state index in [0.717, 1.165) is 5.69 Å². The summed E-state index contributed by atoms with van der Waals surface area (Å²) in [6.07, 6.45) is 0.0262. The maximum absolute atomic E-state index is 12.0. The van der Waals surface area contributed by atoms with Crippen LogP contribution in [0.15, 0.2) is 89.1 Å². The number of nitrogens with zero attached hydrogens (tertiary/aromatic N) is 2. The van der Waals surface area contributed by atoms with Crippen LogP contribution in [0.3, 0.4) is 0 Å². The molecule has 3 aromatic rings. The van der Waals surface area contributed by atoms with Gasteiger partial charge in [-0.2, -0.15) is 10.2 Å². The standard InChI is InChI=1S/C23H21N3O4/c1-29-21-10-6-5-7-17(21)15-23(28)30-16-22(27)24-18-11-13-20(14-12-18)26-25-19-8-3-2-4-9-19/h2-14H,15-16H2,1H3,(H,24,27). The van der Waals surface area contributed by atoms with Crippen LogP contribution < -0.4 is 10.1 Å². The topological polar surface area (TPSA) is 89.3 Å². The molecule has 0 heterocycles. The number of rotatable bonds is 8. The van der Waals surface area contributed by atoms with E-state index in [2.05, 4.69) is 15.5 Å². The summed E-state index contributed by atoms with van der Waals surface area (Å²) in [5.74, 6) is -0.336. The summed E-state index contributed by atoms with van der Waals surface area (Å²) in [7, 11) is 1.53. The van der Waals surface area contributed by atoms with Crippen molar-refractivity contribution in [3.05, 3.63) is 84.4 Å². The molecule has 0 radical (unpaired) electrons. The van der Waals surface area contributed by atoms with Gasteiger partial charge in [0, 0.05) is 11.3 Å². The van der Waals surface area contributed by atoms with E-state index < -0.39 is 11.9 Å². The molecule has 0 saturated heterocycles. The fourth-order valence-electron chi connectivity index (χ4n) is 2.62. The molecule has 0 atom stereocenters. The van der Waals surface area contributed by atoms with Crippen LogP contribution in [0, 0.1) is 0 Å². The van der Waals surface area contributed by atoms with Gasteiger partial charge in [0.25, 0.3) is 5.91 Å². The first-order chi connectivity index (χ1) is 14.6. The lowest BCUT2D eigenvalue weighted by Crippen LogP contribution is -2.21. The van der Waals surface area contributed by atoms with Crippen molar-refractivity contribution in [3.63, 3.8) is 0 Å². The van der Waals surface area contributed by atoms with E-state index in [9.17, 15) is 9.59 Å². The normalized spacial score (nSPS) is 10.6. The molecule has 1 N–H and O–H groups in total. The van der Waals surface area contributed by atoms with E-state index in [1.165, 1.54) is 7.11 Å². The number of azo groups is 1. The second-order valence-electron chi connectivity index (χ2n) is 6.28. The van der Waals surface area contributed by atoms with Gasteiger partial charge in [-0.05, 0) is 42.5 Å². The van der Waals surface area contributed by atoms with E-state index in [-0.39, 0.29) is 13.0 Å². The molecule has 0 unspecified atom stereocenters. The Hall–Kier alpha value is -4.00. The molecule has 0 bridgehead atoms. The van der Waals surface area contributed by atoms with E-state index in [4.69, 9.17) is 9.47 Å². The van der Waals surface area contributed by atoms with Gasteiger partial charge in [-0.15, -0.1) is 0 Å². The van der Waals surface area contributed by atoms with Crippen LogP contribution in [0.1, 0.15) is 5.56 Å². The highest BCUT2D eigenvalue weighted by molar-refractivity contribution is 5.93. The van der Waals surface area contributed by atoms with Crippen LogP contribution >= 0.6 is 0 Å². The predicted molar refractivity (Wildman–Crippen MR) is 113 cm³/mol. The maximum atomic E-state index is 12.0. The highest BCUT2D eigenvalue weighted by Crippen LogP contribution is 2.20. The molecule has 7 nitrogen and oxygen atoms in total. The number of carbonyl (C=O) groups is 2. The predicted octanol–water partition coefficient (Wildman–Crippen LogP) is 4.84. The van der Waals surface area contributed by atoms with Crippen molar-refractivity contribution in [3.8, 4) is 5.75 Å². The Morgan fingerprint density at radius 1 is 0.833 bits per heavy atom. The molecule has 0 saturated carbocycles. The largest absolute Gasteiger partial charge is 0.496 e. The Morgan fingerprint density at radius 2 is 1.47 bits per heavy atom. The Bertz CT molecular complexity index is 1020. The number of methoxy groups -OCH3 is 1. The molecular weight excluding hydrogens is 382 g/mol. The SMILES string of the molecule is COc1ccccc1CC(=O)OCC(=O)Nc1ccc(N=Nc2ccccc2)cc1. The van der Waals surface area contributed by atoms with Crippen LogP contribution in [0.4, 0.5) is 17.1 Å². The van der Waals surface area contributed by atoms with Gasteiger partial charge >= 0.3 is 5.97 Å². The number of benzene rings is 3. The molecule has 7 heteroatoms. The van der Waals surface area contributed by atoms with Gasteiger partial charge in [0.05, 0.1) is 24.9 Å². The quantitative estimate of drug-likeness (QED) is 0.431. The Balaban J connectivity index is 1.46. The zero-order valence-corrected chi connectivity index (χ0v) is 16.4. The summed E-state index contributed by atoms with van der Waals surface area (Å²) < 4.78 is 10.3. The van der Waals surface area contributed by atoms with Crippen molar-refractivity contribution in [1.82, 2.24) is 0 Å². The third-order valence-corrected chi connectivity index (χ3v) is 4.08. The Morgan fingerprint density at radius 3 is 2.17 bits per heavy atom. The highest BCUT2D eigenvalue weighted by atomic mass is 16.5. The Labute approximate surface area is 174 Å². The highest BCUT2D eigenvalue weighted by Gasteiger charge is 2.11. The molecule has 0 aliphatic carbocycles. The van der Waals surface area contributed by atoms with Gasteiger partial charge in [0.15, 0.2) is 6.61 Å². The lowest BCUT2D eigenvalue weighted by molar-refractivity contribution is -0.146. The van der Waals surface area contributed by atoms with Gasteiger partial charge in [0.2, 0.25) is 0 Å². The first-order valence-electron chi connectivity index (χ1n) is 9.28. The van der Waals surface area contributed by atoms with Crippen LogP contribution in [0.2, 0.25) is 0 Å². The van der Waals surface area contributed by atoms with E-state index in [0.29, 0.717) is 22.7 Å². The minimum absolute atomic E-state index is 0.0262. The molecule has 1 amide bonds. The zero-order valence-electron chi connectivity index (χ0n) is 16.4. The van der Waals surface area contributed by atoms with Crippen LogP contribution in [0.5, 0.6) is 5.75 Å². The van der Waals surface area contributed by atoms with Gasteiger partial charge < -0.3 is 14.8 Å². The summed E-state index contributed by atoms with van der Waals surface area (Å²) >= 11 is 0. The average Bonchev–Trinajstić information content (AvgIpc) is 2.78. The number of esters is 1. The third kappa shape index (κ3) is 6.27. The van der Waals surface area contributed by atoms with E-state index in [1.54, 1.807) is 42.5 Å². The van der Waals surface area contributed by atoms with Crippen molar-refractivity contribution in [1.29, 1.82) is 0 Å². The summed E-state index contributed by atoms with van der Waals surface area (Å²) in [5, 5.41) is 10.9. The number of ether oxygens (including phenoxy) is 2. The van der Waals surface area contributed by atoms with Gasteiger partial charge in [0.1, 0.15) is 5.75 Å². The van der Waals surface area contributed by atoms with Gasteiger partial charge in [-0.3, -0.25) is 9.59 Å². The number of para-hydroxylation sites is 1. The van der Waals surface area contributed by atoms with Crippen molar-refractivity contribution < 1.29 is 19.1 Å². The second kappa shape index (κ2) is 10.5. The van der Waals surface area contributed by atoms with Gasteiger partial charge in [-0.25, -0.2) is 0 Å². The first kappa shape index (κ1) is 20.7. The lowest BCUT2D eigenvalue weighted by Gasteiger charge is -2.09. The fourth-order valence-corrected chi connectivity index (χ4v) is 2.62. The number of amides is 1. The fraction of sp³-hybridized carbons (Fsp3) is 0.130. The molecule has 0 aromatic heterocycles. The summed E-state index contributed by atoms with van der Waals surface area (Å²) in [6.45, 7) is -0.372. The smallest absolute Gasteiger partial charge is 0.310 e. The van der Waals surface area contributed by atoms with E-state index >= 15 is 0 Å². The third-order valence-electron chi connectivity index (χ3n) is 4.08. The van der Waals surface area contributed by atoms with Crippen LogP contribution in [0.25, 0.3) is 0 Å². The monoisotopic (exact) mass is 403 g/mol. The van der Waals surface area contributed by atoms with Crippen molar-refractivity contribution in [2.75, 3.05) is 19.0 Å². The minimum atomic E-state index is -0.508. The summed E-state index contributed by atoms with van der Waals surface area (Å²) in [4.78, 5) is 24.0. The van der Waals surface area contributed by atoms with Gasteiger partial charge in [-0.1, -0.05) is 36.4 Å². The lowest BCUT2D eigenvalue weighted by atomic mass is 10.1. The van der Waals surface area contributed by atoms with Crippen molar-refractivity contribution >= 4 is 28.9 Å². The minimum Gasteiger partial charge on any atom is -0.496 e. The number of hydrogen-bond acceptors (Lipinski definition) is 6. The molecule has 152 valence electrons. The van der Waals surface area contributed by atoms with Crippen molar-refractivity contribution in [2.45, 2.75) is 6.42 Å². The van der Waals surface area contributed by atoms with E-state index in [1.807, 2.05) is 36.4 Å². The molecule has 0 aliphatic heterocycles. The maximum Gasteiger partial charge on any atom is 0.310 e. The Kier molecular flexibility index (Phi) is 7.27. The number of anilines is 1. The molecule has 0 spiro atoms. The number of nitrogens with one attached hydrogen (secondary N) is 1. The molecule has 3 aromatic carbocycles. The molecule has 3 rings (SSSR count). The van der Waals surface area contributed by atoms with Crippen LogP contribution in [-0.2, 0) is 20.7 Å². The first-order valence-corrected chi connectivity index (χ1v) is 9.28. The zero-order chi connectivity index (χ0) is 21.2.